The molecule has 1 saturated heterocycles. The minimum Gasteiger partial charge on any atom is -0.398 e. The molecule has 1 heterocycles. The second-order valence-electron chi connectivity index (χ2n) is 9.64. The number of nitrogens with two attached hydrogens (primary N) is 1. The van der Waals surface area contributed by atoms with Gasteiger partial charge in [-0.25, -0.2) is 0 Å². The molecule has 12 heteroatoms. The summed E-state index contributed by atoms with van der Waals surface area (Å²) in [5, 5.41) is 3.14. The van der Waals surface area contributed by atoms with Crippen LogP contribution in [0.5, 0.6) is 0 Å². The number of nitrogens with one attached hydrogen (secondary N) is 1. The van der Waals surface area contributed by atoms with Gasteiger partial charge in [0, 0.05) is 49.3 Å². The summed E-state index contributed by atoms with van der Waals surface area (Å²) >= 11 is 0. The summed E-state index contributed by atoms with van der Waals surface area (Å²) in [6.45, 7) is 1.85. The van der Waals surface area contributed by atoms with Gasteiger partial charge in [0.05, 0.1) is 17.2 Å². The fraction of sp³-hybridized carbons (Fsp3) is 0.500. The largest absolute Gasteiger partial charge is 0.418 e. The fourth-order valence-electron chi connectivity index (χ4n) is 4.86. The van der Waals surface area contributed by atoms with E-state index < -0.39 is 23.5 Å². The van der Waals surface area contributed by atoms with E-state index in [9.17, 15) is 31.1 Å². The van der Waals surface area contributed by atoms with Crippen molar-refractivity contribution >= 4 is 23.0 Å². The van der Waals surface area contributed by atoms with Crippen LogP contribution in [0.25, 0.3) is 0 Å². The summed E-state index contributed by atoms with van der Waals surface area (Å²) in [6.07, 6.45) is -6.28. The molecule has 3 N–H and O–H groups in total. The SMILES string of the molecule is Nc1ccc(NC2CCC(OCC(=O)N3CCN(c4ccc(C(F)(F)F)cc4)CC3)CC2)cc1C(F)(F)F. The lowest BCUT2D eigenvalue weighted by molar-refractivity contribution is -0.139. The zero-order chi connectivity index (χ0) is 27.5. The number of rotatable bonds is 6. The lowest BCUT2D eigenvalue weighted by atomic mass is 9.92. The highest BCUT2D eigenvalue weighted by Crippen LogP contribution is 2.36. The second kappa shape index (κ2) is 11.3. The van der Waals surface area contributed by atoms with Crippen molar-refractivity contribution < 1.29 is 35.9 Å². The molecule has 38 heavy (non-hydrogen) atoms. The fourth-order valence-corrected chi connectivity index (χ4v) is 4.86. The topological polar surface area (TPSA) is 70.8 Å². The number of hydrogen-bond acceptors (Lipinski definition) is 5. The molecule has 0 radical (unpaired) electrons. The maximum atomic E-state index is 13.1. The zero-order valence-corrected chi connectivity index (χ0v) is 20.6. The highest BCUT2D eigenvalue weighted by atomic mass is 19.4. The van der Waals surface area contributed by atoms with E-state index in [1.165, 1.54) is 24.3 Å². The first-order chi connectivity index (χ1) is 17.9. The third kappa shape index (κ3) is 7.03. The minimum atomic E-state index is -4.52. The molecule has 2 fully saturated rings. The molecule has 0 bridgehead atoms. The normalized spacial score (nSPS) is 20.9. The minimum absolute atomic E-state index is 0.00599. The molecular formula is C26H30F6N4O2. The van der Waals surface area contributed by atoms with Gasteiger partial charge in [0.15, 0.2) is 0 Å². The molecule has 4 rings (SSSR count). The van der Waals surface area contributed by atoms with Gasteiger partial charge in [-0.15, -0.1) is 0 Å². The third-order valence-corrected chi connectivity index (χ3v) is 7.04. The van der Waals surface area contributed by atoms with Crippen molar-refractivity contribution in [2.75, 3.05) is 48.7 Å². The summed E-state index contributed by atoms with van der Waals surface area (Å²) in [5.41, 5.74) is 4.63. The molecule has 1 aliphatic heterocycles. The number of hydrogen-bond donors (Lipinski definition) is 2. The molecular weight excluding hydrogens is 514 g/mol. The maximum absolute atomic E-state index is 13.1. The first kappa shape index (κ1) is 27.9. The predicted octanol–water partition coefficient (Wildman–Crippen LogP) is 5.39. The Balaban J connectivity index is 1.17. The first-order valence-corrected chi connectivity index (χ1v) is 12.4. The first-order valence-electron chi connectivity index (χ1n) is 12.4. The molecule has 2 aliphatic rings. The summed E-state index contributed by atoms with van der Waals surface area (Å²) in [6, 6.07) is 8.79. The van der Waals surface area contributed by atoms with Gasteiger partial charge in [-0.05, 0) is 68.1 Å². The molecule has 1 saturated carbocycles. The maximum Gasteiger partial charge on any atom is 0.418 e. The van der Waals surface area contributed by atoms with Gasteiger partial charge in [0.2, 0.25) is 5.91 Å². The van der Waals surface area contributed by atoms with E-state index in [2.05, 4.69) is 5.32 Å². The van der Waals surface area contributed by atoms with E-state index in [1.807, 2.05) is 4.90 Å². The standard InChI is InChI=1S/C26H30F6N4O2/c27-25(28,29)17-1-6-20(7-2-17)35-11-13-36(14-12-35)24(37)16-38-21-8-3-18(4-9-21)34-19-5-10-23(33)22(15-19)26(30,31)32/h1-2,5-7,10,15,18,21,34H,3-4,8-9,11-14,16,33H2. The van der Waals surface area contributed by atoms with Gasteiger partial charge in [0.1, 0.15) is 6.61 Å². The number of carbonyl (C=O) groups excluding carboxylic acids is 1. The number of piperazine rings is 1. The molecule has 2 aromatic carbocycles. The molecule has 0 aromatic heterocycles. The van der Waals surface area contributed by atoms with E-state index in [1.54, 1.807) is 4.90 Å². The molecule has 2 aromatic rings. The Morgan fingerprint density at radius 1 is 0.895 bits per heavy atom. The van der Waals surface area contributed by atoms with Crippen LogP contribution < -0.4 is 16.0 Å². The number of ether oxygens (including phenoxy) is 1. The molecule has 1 aliphatic carbocycles. The van der Waals surface area contributed by atoms with Crippen molar-refractivity contribution in [3.8, 4) is 0 Å². The second-order valence-corrected chi connectivity index (χ2v) is 9.64. The highest BCUT2D eigenvalue weighted by molar-refractivity contribution is 5.77. The highest BCUT2D eigenvalue weighted by Gasteiger charge is 2.34. The summed E-state index contributed by atoms with van der Waals surface area (Å²) in [4.78, 5) is 16.3. The number of alkyl halides is 6. The van der Waals surface area contributed by atoms with Crippen LogP contribution in [0.1, 0.15) is 36.8 Å². The summed E-state index contributed by atoms with van der Waals surface area (Å²) in [5.74, 6) is -0.140. The number of amides is 1. The molecule has 208 valence electrons. The molecule has 6 nitrogen and oxygen atoms in total. The number of nitrogen functional groups attached to an aromatic ring is 1. The molecule has 0 atom stereocenters. The van der Waals surface area contributed by atoms with Gasteiger partial charge in [0.25, 0.3) is 0 Å². The summed E-state index contributed by atoms with van der Waals surface area (Å²) < 4.78 is 83.4. The van der Waals surface area contributed by atoms with Crippen molar-refractivity contribution in [1.29, 1.82) is 0 Å². The monoisotopic (exact) mass is 544 g/mol. The predicted molar refractivity (Wildman–Crippen MR) is 132 cm³/mol. The number of benzene rings is 2. The van der Waals surface area contributed by atoms with Crippen LogP contribution >= 0.6 is 0 Å². The van der Waals surface area contributed by atoms with Crippen LogP contribution in [-0.4, -0.2) is 55.7 Å². The van der Waals surface area contributed by atoms with Crippen LogP contribution in [0.15, 0.2) is 42.5 Å². The smallest absolute Gasteiger partial charge is 0.398 e. The Labute approximate surface area is 216 Å². The molecule has 0 spiro atoms. The van der Waals surface area contributed by atoms with Crippen molar-refractivity contribution in [3.63, 3.8) is 0 Å². The van der Waals surface area contributed by atoms with Crippen LogP contribution in [0.3, 0.4) is 0 Å². The van der Waals surface area contributed by atoms with Gasteiger partial charge in [-0.3, -0.25) is 4.79 Å². The Hall–Kier alpha value is -3.15. The quantitative estimate of drug-likeness (QED) is 0.377. The van der Waals surface area contributed by atoms with Crippen molar-refractivity contribution in [3.05, 3.63) is 53.6 Å². The van der Waals surface area contributed by atoms with Crippen molar-refractivity contribution in [1.82, 2.24) is 4.90 Å². The van der Waals surface area contributed by atoms with Crippen LogP contribution in [0.2, 0.25) is 0 Å². The Morgan fingerprint density at radius 3 is 2.11 bits per heavy atom. The van der Waals surface area contributed by atoms with E-state index in [-0.39, 0.29) is 30.3 Å². The lowest BCUT2D eigenvalue weighted by Crippen LogP contribution is -2.50. The van der Waals surface area contributed by atoms with Crippen molar-refractivity contribution in [2.24, 2.45) is 0 Å². The Bertz CT molecular complexity index is 1090. The van der Waals surface area contributed by atoms with Crippen LogP contribution in [-0.2, 0) is 21.9 Å². The van der Waals surface area contributed by atoms with Gasteiger partial charge in [-0.1, -0.05) is 0 Å². The molecule has 1 amide bonds. The van der Waals surface area contributed by atoms with Gasteiger partial charge in [-0.2, -0.15) is 26.3 Å². The van der Waals surface area contributed by atoms with Crippen molar-refractivity contribution in [2.45, 2.75) is 50.2 Å². The third-order valence-electron chi connectivity index (χ3n) is 7.04. The van der Waals surface area contributed by atoms with Crippen LogP contribution in [0, 0.1) is 0 Å². The number of nitrogens with zero attached hydrogens (tertiary/aromatic N) is 2. The molecule has 0 unspecified atom stereocenters. The van der Waals surface area contributed by atoms with Gasteiger partial charge >= 0.3 is 12.4 Å². The average molecular weight is 545 g/mol. The van der Waals surface area contributed by atoms with Crippen LogP contribution in [0.4, 0.5) is 43.4 Å². The number of carbonyl (C=O) groups is 1. The van der Waals surface area contributed by atoms with E-state index >= 15 is 0 Å². The number of anilines is 3. The lowest BCUT2D eigenvalue weighted by Gasteiger charge is -2.36. The van der Waals surface area contributed by atoms with Gasteiger partial charge < -0.3 is 25.6 Å². The number of halogens is 6. The van der Waals surface area contributed by atoms with E-state index in [0.29, 0.717) is 63.2 Å². The van der Waals surface area contributed by atoms with E-state index in [4.69, 9.17) is 10.5 Å². The van der Waals surface area contributed by atoms with E-state index in [0.717, 1.165) is 18.2 Å². The zero-order valence-electron chi connectivity index (χ0n) is 20.6. The Morgan fingerprint density at radius 2 is 1.53 bits per heavy atom. The Kier molecular flexibility index (Phi) is 8.29. The average Bonchev–Trinajstić information content (AvgIpc) is 2.88. The summed E-state index contributed by atoms with van der Waals surface area (Å²) in [7, 11) is 0.